The van der Waals surface area contributed by atoms with Crippen molar-refractivity contribution in [1.82, 2.24) is 0 Å². The zero-order valence-corrected chi connectivity index (χ0v) is 12.1. The maximum atomic E-state index is 12.6. The van der Waals surface area contributed by atoms with E-state index < -0.39 is 10.0 Å². The van der Waals surface area contributed by atoms with Crippen molar-refractivity contribution in [3.8, 4) is 6.07 Å². The Balaban J connectivity index is 2.52. The Kier molecular flexibility index (Phi) is 3.77. The van der Waals surface area contributed by atoms with Gasteiger partial charge in [0.25, 0.3) is 10.0 Å². The Hall–Kier alpha value is -2.32. The standard InChI is InChI=1S/C15H14N2O2S/c1-12-6-5-8-14(10-12)20(18,19)17(2)15-9-4-3-7-13(15)11-16/h3-10H,1-2H3. The van der Waals surface area contributed by atoms with E-state index in [9.17, 15) is 8.42 Å². The van der Waals surface area contributed by atoms with Crippen LogP contribution < -0.4 is 4.31 Å². The molecule has 0 saturated heterocycles. The second-order valence-electron chi connectivity index (χ2n) is 4.42. The molecule has 0 aliphatic heterocycles. The molecule has 0 bridgehead atoms. The van der Waals surface area contributed by atoms with Gasteiger partial charge in [-0.15, -0.1) is 0 Å². The van der Waals surface area contributed by atoms with Crippen LogP contribution in [0.3, 0.4) is 0 Å². The Morgan fingerprint density at radius 1 is 1.10 bits per heavy atom. The minimum Gasteiger partial charge on any atom is -0.268 e. The maximum Gasteiger partial charge on any atom is 0.264 e. The second kappa shape index (κ2) is 5.35. The van der Waals surface area contributed by atoms with Gasteiger partial charge in [-0.2, -0.15) is 5.26 Å². The highest BCUT2D eigenvalue weighted by Gasteiger charge is 2.23. The van der Waals surface area contributed by atoms with Gasteiger partial charge in [0.2, 0.25) is 0 Å². The van der Waals surface area contributed by atoms with Crippen LogP contribution in [0.5, 0.6) is 0 Å². The molecule has 4 nitrogen and oxygen atoms in total. The molecule has 0 atom stereocenters. The van der Waals surface area contributed by atoms with Crippen LogP contribution >= 0.6 is 0 Å². The fourth-order valence-corrected chi connectivity index (χ4v) is 3.23. The van der Waals surface area contributed by atoms with Gasteiger partial charge in [0, 0.05) is 7.05 Å². The summed E-state index contributed by atoms with van der Waals surface area (Å²) in [7, 11) is -2.21. The molecule has 5 heteroatoms. The van der Waals surface area contributed by atoms with E-state index in [1.807, 2.05) is 19.1 Å². The number of para-hydroxylation sites is 1. The zero-order chi connectivity index (χ0) is 14.8. The number of nitriles is 1. The topological polar surface area (TPSA) is 61.2 Å². The number of anilines is 1. The van der Waals surface area contributed by atoms with Crippen LogP contribution in [-0.4, -0.2) is 15.5 Å². The number of rotatable bonds is 3. The van der Waals surface area contributed by atoms with Crippen LogP contribution in [0.15, 0.2) is 53.4 Å². The summed E-state index contributed by atoms with van der Waals surface area (Å²) >= 11 is 0. The zero-order valence-electron chi connectivity index (χ0n) is 11.2. The van der Waals surface area contributed by atoms with Crippen molar-refractivity contribution >= 4 is 15.7 Å². The maximum absolute atomic E-state index is 12.6. The van der Waals surface area contributed by atoms with Gasteiger partial charge in [-0.05, 0) is 36.8 Å². The first-order valence-corrected chi connectivity index (χ1v) is 7.45. The molecule has 20 heavy (non-hydrogen) atoms. The molecule has 102 valence electrons. The molecule has 0 saturated carbocycles. The highest BCUT2D eigenvalue weighted by Crippen LogP contribution is 2.25. The number of hydrogen-bond acceptors (Lipinski definition) is 3. The number of nitrogens with zero attached hydrogens (tertiary/aromatic N) is 2. The van der Waals surface area contributed by atoms with E-state index in [0.717, 1.165) is 9.87 Å². The first-order chi connectivity index (χ1) is 9.46. The van der Waals surface area contributed by atoms with E-state index >= 15 is 0 Å². The summed E-state index contributed by atoms with van der Waals surface area (Å²) in [4.78, 5) is 0.216. The summed E-state index contributed by atoms with van der Waals surface area (Å²) in [5.41, 5.74) is 1.57. The lowest BCUT2D eigenvalue weighted by Gasteiger charge is -2.20. The molecular formula is C15H14N2O2S. The summed E-state index contributed by atoms with van der Waals surface area (Å²) in [6, 6.07) is 15.3. The Morgan fingerprint density at radius 3 is 2.45 bits per heavy atom. The summed E-state index contributed by atoms with van der Waals surface area (Å²) < 4.78 is 26.3. The van der Waals surface area contributed by atoms with Crippen molar-refractivity contribution in [2.24, 2.45) is 0 Å². The molecule has 0 unspecified atom stereocenters. The highest BCUT2D eigenvalue weighted by molar-refractivity contribution is 7.92. The molecule has 0 aromatic heterocycles. The lowest BCUT2D eigenvalue weighted by molar-refractivity contribution is 0.594. The molecular weight excluding hydrogens is 272 g/mol. The van der Waals surface area contributed by atoms with Gasteiger partial charge in [0.1, 0.15) is 6.07 Å². The van der Waals surface area contributed by atoms with Crippen LogP contribution in [0.2, 0.25) is 0 Å². The molecule has 2 rings (SSSR count). The lowest BCUT2D eigenvalue weighted by Crippen LogP contribution is -2.27. The third kappa shape index (κ3) is 2.51. The Labute approximate surface area is 118 Å². The van der Waals surface area contributed by atoms with Crippen molar-refractivity contribution in [3.05, 3.63) is 59.7 Å². The van der Waals surface area contributed by atoms with Gasteiger partial charge < -0.3 is 0 Å². The first kappa shape index (κ1) is 14.1. The van der Waals surface area contributed by atoms with Crippen LogP contribution in [0.25, 0.3) is 0 Å². The third-order valence-corrected chi connectivity index (χ3v) is 4.78. The van der Waals surface area contributed by atoms with Gasteiger partial charge in [-0.3, -0.25) is 4.31 Å². The van der Waals surface area contributed by atoms with E-state index in [0.29, 0.717) is 11.3 Å². The van der Waals surface area contributed by atoms with Crippen molar-refractivity contribution < 1.29 is 8.42 Å². The molecule has 2 aromatic carbocycles. The summed E-state index contributed by atoms with van der Waals surface area (Å²) in [6.45, 7) is 1.84. The Bertz CT molecular complexity index is 776. The number of benzene rings is 2. The van der Waals surface area contributed by atoms with Gasteiger partial charge in [0.15, 0.2) is 0 Å². The van der Waals surface area contributed by atoms with Gasteiger partial charge >= 0.3 is 0 Å². The summed E-state index contributed by atoms with van der Waals surface area (Å²) in [5, 5.41) is 9.08. The minimum atomic E-state index is -3.66. The van der Waals surface area contributed by atoms with Gasteiger partial charge in [0.05, 0.1) is 16.1 Å². The molecule has 0 fully saturated rings. The van der Waals surface area contributed by atoms with Gasteiger partial charge in [-0.1, -0.05) is 24.3 Å². The predicted molar refractivity (Wildman–Crippen MR) is 77.9 cm³/mol. The molecule has 0 aliphatic rings. The number of aryl methyl sites for hydroxylation is 1. The van der Waals surface area contributed by atoms with E-state index in [1.165, 1.54) is 7.05 Å². The third-order valence-electron chi connectivity index (χ3n) is 3.01. The summed E-state index contributed by atoms with van der Waals surface area (Å²) in [6.07, 6.45) is 0. The van der Waals surface area contributed by atoms with Crippen LogP contribution in [0.1, 0.15) is 11.1 Å². The smallest absolute Gasteiger partial charge is 0.264 e. The normalized spacial score (nSPS) is 10.8. The monoisotopic (exact) mass is 286 g/mol. The lowest BCUT2D eigenvalue weighted by atomic mass is 10.2. The largest absolute Gasteiger partial charge is 0.268 e. The van der Waals surface area contributed by atoms with Crippen molar-refractivity contribution in [2.75, 3.05) is 11.4 Å². The molecule has 0 spiro atoms. The van der Waals surface area contributed by atoms with E-state index in [1.54, 1.807) is 42.5 Å². The van der Waals surface area contributed by atoms with E-state index in [2.05, 4.69) is 0 Å². The molecule has 2 aromatic rings. The number of hydrogen-bond donors (Lipinski definition) is 0. The Morgan fingerprint density at radius 2 is 1.80 bits per heavy atom. The van der Waals surface area contributed by atoms with Gasteiger partial charge in [-0.25, -0.2) is 8.42 Å². The number of sulfonamides is 1. The molecule has 0 radical (unpaired) electrons. The van der Waals surface area contributed by atoms with Crippen LogP contribution in [0, 0.1) is 18.3 Å². The molecule has 0 N–H and O–H groups in total. The molecule has 0 heterocycles. The minimum absolute atomic E-state index is 0.216. The van der Waals surface area contributed by atoms with Crippen LogP contribution in [0.4, 0.5) is 5.69 Å². The second-order valence-corrected chi connectivity index (χ2v) is 6.39. The van der Waals surface area contributed by atoms with E-state index in [-0.39, 0.29) is 4.90 Å². The fraction of sp³-hybridized carbons (Fsp3) is 0.133. The average molecular weight is 286 g/mol. The van der Waals surface area contributed by atoms with Crippen LogP contribution in [-0.2, 0) is 10.0 Å². The molecule has 0 aliphatic carbocycles. The average Bonchev–Trinajstić information content (AvgIpc) is 2.46. The first-order valence-electron chi connectivity index (χ1n) is 6.01. The fourth-order valence-electron chi connectivity index (χ4n) is 1.91. The quantitative estimate of drug-likeness (QED) is 0.871. The van der Waals surface area contributed by atoms with Crippen molar-refractivity contribution in [3.63, 3.8) is 0 Å². The van der Waals surface area contributed by atoms with E-state index in [4.69, 9.17) is 5.26 Å². The van der Waals surface area contributed by atoms with Crippen molar-refractivity contribution in [1.29, 1.82) is 5.26 Å². The predicted octanol–water partition coefficient (Wildman–Crippen LogP) is 2.69. The SMILES string of the molecule is Cc1cccc(S(=O)(=O)N(C)c2ccccc2C#N)c1. The summed E-state index contributed by atoms with van der Waals surface area (Å²) in [5.74, 6) is 0. The molecule has 0 amide bonds. The highest BCUT2D eigenvalue weighted by atomic mass is 32.2. The van der Waals surface area contributed by atoms with Crippen molar-refractivity contribution in [2.45, 2.75) is 11.8 Å².